The summed E-state index contributed by atoms with van der Waals surface area (Å²) >= 11 is 6.21. The summed E-state index contributed by atoms with van der Waals surface area (Å²) in [6.45, 7) is 9.30. The van der Waals surface area contributed by atoms with Crippen LogP contribution in [0.2, 0.25) is 5.02 Å². The van der Waals surface area contributed by atoms with Crippen LogP contribution in [0.5, 0.6) is 0 Å². The van der Waals surface area contributed by atoms with E-state index < -0.39 is 41.0 Å². The molecule has 4 atom stereocenters. The van der Waals surface area contributed by atoms with Gasteiger partial charge in [0.1, 0.15) is 17.0 Å². The third-order valence-corrected chi connectivity index (χ3v) is 8.46. The molecule has 1 spiro atoms. The SMILES string of the molecule is CC(C)(C)CC1NC(C(=O)NCCN2CCCC2)C(c2cccc(Cl)c2F)C12C(=O)Nc1c(F)cccc12. The van der Waals surface area contributed by atoms with Crippen LogP contribution < -0.4 is 16.0 Å². The average Bonchev–Trinajstić information content (AvgIpc) is 3.55. The number of amides is 2. The molecular weight excluding hydrogens is 510 g/mol. The Morgan fingerprint density at radius 1 is 1.16 bits per heavy atom. The van der Waals surface area contributed by atoms with Crippen molar-refractivity contribution in [2.24, 2.45) is 5.41 Å². The number of halogens is 3. The van der Waals surface area contributed by atoms with Crippen molar-refractivity contribution in [1.82, 2.24) is 15.5 Å². The largest absolute Gasteiger partial charge is 0.353 e. The summed E-state index contributed by atoms with van der Waals surface area (Å²) in [5, 5.41) is 9.09. The summed E-state index contributed by atoms with van der Waals surface area (Å²) in [7, 11) is 0. The summed E-state index contributed by atoms with van der Waals surface area (Å²) < 4.78 is 30.7. The highest BCUT2D eigenvalue weighted by molar-refractivity contribution is 6.30. The number of hydrogen-bond donors (Lipinski definition) is 3. The van der Waals surface area contributed by atoms with Gasteiger partial charge in [0.25, 0.3) is 0 Å². The number of fused-ring (bicyclic) bond motifs is 2. The maximum Gasteiger partial charge on any atom is 0.237 e. The molecule has 0 bridgehead atoms. The molecule has 3 aliphatic heterocycles. The standard InChI is InChI=1S/C29H35ClF2N4O2/c1-28(2,3)16-21-29(18-9-7-11-20(31)24(18)35-27(29)38)22(17-8-6-10-19(30)23(17)32)25(34-21)26(37)33-12-15-36-13-4-5-14-36/h6-11,21-22,25,34H,4-5,12-16H2,1-3H3,(H,33,37)(H,35,38). The lowest BCUT2D eigenvalue weighted by Crippen LogP contribution is -2.49. The molecule has 0 saturated carbocycles. The zero-order chi connectivity index (χ0) is 27.2. The minimum atomic E-state index is -1.42. The first-order chi connectivity index (χ1) is 18.0. The molecule has 2 amide bonds. The van der Waals surface area contributed by atoms with Gasteiger partial charge >= 0.3 is 0 Å². The van der Waals surface area contributed by atoms with Crippen LogP contribution in [0, 0.1) is 17.0 Å². The Hall–Kier alpha value is -2.55. The number of hydrogen-bond acceptors (Lipinski definition) is 4. The summed E-state index contributed by atoms with van der Waals surface area (Å²) in [6, 6.07) is 7.68. The Kier molecular flexibility index (Phi) is 7.26. The van der Waals surface area contributed by atoms with Crippen molar-refractivity contribution in [2.75, 3.05) is 31.5 Å². The molecule has 4 unspecified atom stereocenters. The number of rotatable bonds is 6. The first-order valence-corrected chi connectivity index (χ1v) is 13.7. The molecule has 0 radical (unpaired) electrons. The zero-order valence-corrected chi connectivity index (χ0v) is 22.8. The van der Waals surface area contributed by atoms with Gasteiger partial charge in [0.05, 0.1) is 16.8 Å². The molecule has 204 valence electrons. The highest BCUT2D eigenvalue weighted by Gasteiger charge is 2.66. The van der Waals surface area contributed by atoms with E-state index in [1.165, 1.54) is 12.1 Å². The second-order valence-electron chi connectivity index (χ2n) is 11.9. The number of para-hydroxylation sites is 1. The van der Waals surface area contributed by atoms with Gasteiger partial charge in [0.2, 0.25) is 11.8 Å². The van der Waals surface area contributed by atoms with E-state index >= 15 is 4.39 Å². The van der Waals surface area contributed by atoms with Crippen LogP contribution in [0.15, 0.2) is 36.4 Å². The summed E-state index contributed by atoms with van der Waals surface area (Å²) in [5.41, 5.74) is -0.998. The minimum Gasteiger partial charge on any atom is -0.353 e. The second-order valence-corrected chi connectivity index (χ2v) is 12.3. The topological polar surface area (TPSA) is 73.5 Å². The van der Waals surface area contributed by atoms with E-state index in [4.69, 9.17) is 11.6 Å². The predicted molar refractivity (Wildman–Crippen MR) is 144 cm³/mol. The van der Waals surface area contributed by atoms with Gasteiger partial charge < -0.3 is 20.9 Å². The quantitative estimate of drug-likeness (QED) is 0.498. The highest BCUT2D eigenvalue weighted by Crippen LogP contribution is 2.57. The number of nitrogens with one attached hydrogen (secondary N) is 3. The molecule has 3 aliphatic rings. The Labute approximate surface area is 227 Å². The van der Waals surface area contributed by atoms with Gasteiger partial charge in [-0.1, -0.05) is 56.6 Å². The first kappa shape index (κ1) is 27.0. The molecule has 6 nitrogen and oxygen atoms in total. The number of likely N-dealkylation sites (tertiary alicyclic amines) is 1. The average molecular weight is 545 g/mol. The number of nitrogens with zero attached hydrogens (tertiary/aromatic N) is 1. The Morgan fingerprint density at radius 3 is 2.58 bits per heavy atom. The zero-order valence-electron chi connectivity index (χ0n) is 22.0. The van der Waals surface area contributed by atoms with Crippen LogP contribution in [0.1, 0.15) is 57.1 Å². The van der Waals surface area contributed by atoms with E-state index in [0.717, 1.165) is 32.5 Å². The van der Waals surface area contributed by atoms with E-state index in [1.807, 2.05) is 20.8 Å². The fourth-order valence-corrected chi connectivity index (χ4v) is 6.79. The van der Waals surface area contributed by atoms with Crippen molar-refractivity contribution in [1.29, 1.82) is 0 Å². The van der Waals surface area contributed by atoms with Gasteiger partial charge in [0, 0.05) is 25.0 Å². The summed E-state index contributed by atoms with van der Waals surface area (Å²) in [5.74, 6) is -2.96. The minimum absolute atomic E-state index is 0.0840. The number of carbonyl (C=O) groups excluding carboxylic acids is 2. The van der Waals surface area contributed by atoms with Crippen LogP contribution in [0.3, 0.4) is 0 Å². The van der Waals surface area contributed by atoms with Gasteiger partial charge in [-0.3, -0.25) is 9.59 Å². The third kappa shape index (κ3) is 4.61. The van der Waals surface area contributed by atoms with Gasteiger partial charge in [-0.15, -0.1) is 0 Å². The number of carbonyl (C=O) groups is 2. The lowest BCUT2D eigenvalue weighted by atomic mass is 9.62. The maximum absolute atomic E-state index is 15.7. The van der Waals surface area contributed by atoms with Crippen molar-refractivity contribution in [3.8, 4) is 0 Å². The van der Waals surface area contributed by atoms with E-state index in [1.54, 1.807) is 24.3 Å². The molecule has 2 aromatic rings. The first-order valence-electron chi connectivity index (χ1n) is 13.3. The second kappa shape index (κ2) is 10.2. The Bertz CT molecular complexity index is 1240. The van der Waals surface area contributed by atoms with Crippen molar-refractivity contribution >= 4 is 29.1 Å². The Balaban J connectivity index is 1.63. The number of benzene rings is 2. The fraction of sp³-hybridized carbons (Fsp3) is 0.517. The Morgan fingerprint density at radius 2 is 1.87 bits per heavy atom. The molecule has 0 aliphatic carbocycles. The monoisotopic (exact) mass is 544 g/mol. The highest BCUT2D eigenvalue weighted by atomic mass is 35.5. The van der Waals surface area contributed by atoms with Crippen molar-refractivity contribution in [2.45, 2.75) is 63.5 Å². The smallest absolute Gasteiger partial charge is 0.237 e. The molecule has 3 heterocycles. The predicted octanol–water partition coefficient (Wildman–Crippen LogP) is 4.58. The summed E-state index contributed by atoms with van der Waals surface area (Å²) in [4.78, 5) is 30.1. The molecule has 3 N–H and O–H groups in total. The summed E-state index contributed by atoms with van der Waals surface area (Å²) in [6.07, 6.45) is 2.79. The van der Waals surface area contributed by atoms with Crippen LogP contribution in [0.4, 0.5) is 14.5 Å². The van der Waals surface area contributed by atoms with E-state index in [-0.39, 0.29) is 27.6 Å². The fourth-order valence-electron chi connectivity index (χ4n) is 6.61. The van der Waals surface area contributed by atoms with Crippen LogP contribution >= 0.6 is 11.6 Å². The van der Waals surface area contributed by atoms with E-state index in [2.05, 4.69) is 20.9 Å². The normalized spacial score (nSPS) is 27.1. The molecule has 9 heteroatoms. The van der Waals surface area contributed by atoms with Crippen molar-refractivity contribution in [3.63, 3.8) is 0 Å². The van der Waals surface area contributed by atoms with Gasteiger partial charge in [-0.05, 0) is 61.0 Å². The maximum atomic E-state index is 15.7. The van der Waals surface area contributed by atoms with Gasteiger partial charge in [-0.25, -0.2) is 8.78 Å². The van der Waals surface area contributed by atoms with Crippen molar-refractivity contribution in [3.05, 3.63) is 64.2 Å². The van der Waals surface area contributed by atoms with Crippen LogP contribution in [-0.2, 0) is 15.0 Å². The van der Waals surface area contributed by atoms with E-state index in [0.29, 0.717) is 18.5 Å². The lowest BCUT2D eigenvalue weighted by molar-refractivity contribution is -0.123. The molecule has 38 heavy (non-hydrogen) atoms. The molecule has 2 fully saturated rings. The van der Waals surface area contributed by atoms with Crippen molar-refractivity contribution < 1.29 is 18.4 Å². The molecule has 5 rings (SSSR count). The molecule has 2 aromatic carbocycles. The molecule has 0 aromatic heterocycles. The van der Waals surface area contributed by atoms with Gasteiger partial charge in [-0.2, -0.15) is 0 Å². The van der Waals surface area contributed by atoms with Crippen LogP contribution in [-0.4, -0.2) is 55.0 Å². The van der Waals surface area contributed by atoms with E-state index in [9.17, 15) is 14.0 Å². The molecular formula is C29H35ClF2N4O2. The van der Waals surface area contributed by atoms with Crippen LogP contribution in [0.25, 0.3) is 0 Å². The van der Waals surface area contributed by atoms with Gasteiger partial charge in [0.15, 0.2) is 0 Å². The molecule has 2 saturated heterocycles. The lowest BCUT2D eigenvalue weighted by Gasteiger charge is -2.37. The number of anilines is 1. The third-order valence-electron chi connectivity index (χ3n) is 8.17.